The van der Waals surface area contributed by atoms with E-state index in [2.05, 4.69) is 168 Å². The second kappa shape index (κ2) is 11.3. The highest BCUT2D eigenvalue weighted by molar-refractivity contribution is 5.97. The van der Waals surface area contributed by atoms with Crippen LogP contribution in [0.25, 0.3) is 78.3 Å². The molecule has 310 valence electrons. The lowest BCUT2D eigenvalue weighted by Gasteiger charge is -2.25. The van der Waals surface area contributed by atoms with Crippen LogP contribution >= 0.6 is 0 Å². The molecule has 2 nitrogen and oxygen atoms in total. The number of fused-ring (bicyclic) bond motifs is 15. The second-order valence-electron chi connectivity index (χ2n) is 22.3. The van der Waals surface area contributed by atoms with Gasteiger partial charge in [0.25, 0.3) is 0 Å². The summed E-state index contributed by atoms with van der Waals surface area (Å²) in [5.74, 6) is 1.85. The monoisotopic (exact) mass is 818 g/mol. The molecule has 2 aromatic heterocycles. The zero-order chi connectivity index (χ0) is 43.7. The first-order valence-electron chi connectivity index (χ1n) is 23.0. The maximum atomic E-state index is 5.88. The van der Waals surface area contributed by atoms with Gasteiger partial charge in [0.2, 0.25) is 0 Å². The molecule has 8 aromatic rings. The molecular formula is C61H54O2. The number of hydrogen-bond donors (Lipinski definition) is 0. The molecule has 0 unspecified atom stereocenters. The van der Waals surface area contributed by atoms with Gasteiger partial charge in [-0.3, -0.25) is 0 Å². The molecule has 0 saturated heterocycles. The minimum Gasteiger partial charge on any atom is -0.464 e. The first kappa shape index (κ1) is 37.4. The van der Waals surface area contributed by atoms with Crippen LogP contribution in [0.15, 0.2) is 118 Å². The van der Waals surface area contributed by atoms with E-state index in [0.29, 0.717) is 0 Å². The maximum absolute atomic E-state index is 5.88. The van der Waals surface area contributed by atoms with Crippen LogP contribution in [-0.4, -0.2) is 0 Å². The Balaban J connectivity index is 0.936. The number of rotatable bonds is 2. The Morgan fingerprint density at radius 2 is 0.556 bits per heavy atom. The Bertz CT molecular complexity index is 3180. The maximum Gasteiger partial charge on any atom is 0.133 e. The summed E-state index contributed by atoms with van der Waals surface area (Å²) < 4.78 is 11.8. The van der Waals surface area contributed by atoms with Crippen molar-refractivity contribution in [2.24, 2.45) is 0 Å². The summed E-state index contributed by atoms with van der Waals surface area (Å²) in [6, 6.07) is 38.1. The van der Waals surface area contributed by atoms with Crippen molar-refractivity contribution in [3.05, 3.63) is 176 Å². The van der Waals surface area contributed by atoms with Gasteiger partial charge in [0.05, 0.1) is 12.5 Å². The van der Waals surface area contributed by atoms with E-state index in [4.69, 9.17) is 8.83 Å². The minimum atomic E-state index is -0.161. The Morgan fingerprint density at radius 3 is 0.825 bits per heavy atom. The van der Waals surface area contributed by atoms with Crippen LogP contribution in [0.2, 0.25) is 0 Å². The third-order valence-electron chi connectivity index (χ3n) is 17.1. The lowest BCUT2D eigenvalue weighted by molar-refractivity contribution is 0.581. The Kier molecular flexibility index (Phi) is 6.73. The summed E-state index contributed by atoms with van der Waals surface area (Å²) in [6.45, 7) is 28.9. The average molecular weight is 819 g/mol. The topological polar surface area (TPSA) is 26.3 Å². The summed E-state index contributed by atoms with van der Waals surface area (Å²) in [5, 5.41) is 0. The zero-order valence-corrected chi connectivity index (χ0v) is 38.7. The van der Waals surface area contributed by atoms with Crippen LogP contribution in [0.3, 0.4) is 0 Å². The van der Waals surface area contributed by atoms with Crippen LogP contribution in [0, 0.1) is 13.8 Å². The molecule has 0 saturated carbocycles. The van der Waals surface area contributed by atoms with E-state index in [1.54, 1.807) is 12.5 Å². The molecule has 5 aliphatic carbocycles. The van der Waals surface area contributed by atoms with Gasteiger partial charge >= 0.3 is 0 Å². The smallest absolute Gasteiger partial charge is 0.133 e. The number of benzene rings is 6. The molecule has 0 spiro atoms. The van der Waals surface area contributed by atoms with Crippen molar-refractivity contribution >= 4 is 0 Å². The van der Waals surface area contributed by atoms with E-state index in [-0.39, 0.29) is 27.1 Å². The van der Waals surface area contributed by atoms with Crippen LogP contribution in [-0.2, 0) is 27.1 Å². The van der Waals surface area contributed by atoms with E-state index in [9.17, 15) is 0 Å². The summed E-state index contributed by atoms with van der Waals surface area (Å²) in [7, 11) is 0. The fraction of sp³-hybridized carbons (Fsp3) is 0.279. The second-order valence-corrected chi connectivity index (χ2v) is 22.3. The van der Waals surface area contributed by atoms with E-state index in [1.807, 2.05) is 12.1 Å². The van der Waals surface area contributed by atoms with Crippen molar-refractivity contribution in [3.63, 3.8) is 0 Å². The fourth-order valence-corrected chi connectivity index (χ4v) is 13.5. The Hall–Kier alpha value is -6.12. The van der Waals surface area contributed by atoms with Gasteiger partial charge < -0.3 is 8.83 Å². The highest BCUT2D eigenvalue weighted by atomic mass is 16.3. The molecule has 0 atom stereocenters. The van der Waals surface area contributed by atoms with Crippen LogP contribution in [0.5, 0.6) is 0 Å². The molecule has 6 aromatic carbocycles. The van der Waals surface area contributed by atoms with Crippen molar-refractivity contribution < 1.29 is 8.83 Å². The number of furan rings is 2. The summed E-state index contributed by atoms with van der Waals surface area (Å²) >= 11 is 0. The van der Waals surface area contributed by atoms with Crippen LogP contribution < -0.4 is 0 Å². The molecule has 0 fully saturated rings. The quantitative estimate of drug-likeness (QED) is 0.174. The molecule has 63 heavy (non-hydrogen) atoms. The molecule has 5 aliphatic rings. The van der Waals surface area contributed by atoms with Gasteiger partial charge in [-0.2, -0.15) is 0 Å². The Morgan fingerprint density at radius 1 is 0.302 bits per heavy atom. The molecule has 0 aliphatic heterocycles. The average Bonchev–Trinajstić information content (AvgIpc) is 4.11. The lowest BCUT2D eigenvalue weighted by atomic mass is 9.78. The molecule has 0 bridgehead atoms. The SMILES string of the molecule is Cc1cc(-c2ccco2)cc2c1-c1cc3c(cc1C2(C)C)-c1cc2c(cc1C3(C)C)-c1cc3c(cc1C2(C)C)-c1cc2c(cc1C3(C)C)-c1c(C)cc(-c3ccco3)cc1C2(C)C. The van der Waals surface area contributed by atoms with Gasteiger partial charge in [0.15, 0.2) is 0 Å². The first-order valence-corrected chi connectivity index (χ1v) is 23.0. The molecule has 2 heterocycles. The highest BCUT2D eigenvalue weighted by Gasteiger charge is 2.48. The van der Waals surface area contributed by atoms with Gasteiger partial charge in [0.1, 0.15) is 11.5 Å². The van der Waals surface area contributed by atoms with Gasteiger partial charge in [-0.1, -0.05) is 69.2 Å². The first-order chi connectivity index (χ1) is 29.8. The van der Waals surface area contributed by atoms with E-state index < -0.39 is 0 Å². The molecule has 13 rings (SSSR count). The van der Waals surface area contributed by atoms with Gasteiger partial charge in [-0.15, -0.1) is 0 Å². The predicted octanol–water partition coefficient (Wildman–Crippen LogP) is 16.4. The predicted molar refractivity (Wildman–Crippen MR) is 259 cm³/mol. The third-order valence-corrected chi connectivity index (χ3v) is 17.1. The summed E-state index contributed by atoms with van der Waals surface area (Å²) in [6.07, 6.45) is 3.55. The standard InChI is InChI=1S/C61H54O2/c1-31-19-33(53-15-13-17-62-53)21-51-55(31)41-29-47-39(27-49(41)60(51,9)10)37-25-43-35(23-45(37)58(47,5)6)36-24-46-38(26-44(36)57(43,3)4)40-28-50-42(30-48(40)59(46,7)8)56-32(2)20-34(54-16-14-18-63-54)22-52(56)61(50,11)12/h13-30H,1-12H3. The van der Waals surface area contributed by atoms with Crippen molar-refractivity contribution in [1.29, 1.82) is 0 Å². The lowest BCUT2D eigenvalue weighted by Crippen LogP contribution is -2.17. The van der Waals surface area contributed by atoms with E-state index >= 15 is 0 Å². The van der Waals surface area contributed by atoms with E-state index in [1.165, 1.54) is 122 Å². The largest absolute Gasteiger partial charge is 0.464 e. The fourth-order valence-electron chi connectivity index (χ4n) is 13.5. The normalized spacial score (nSPS) is 18.2. The van der Waals surface area contributed by atoms with Gasteiger partial charge in [-0.25, -0.2) is 0 Å². The molecule has 0 radical (unpaired) electrons. The van der Waals surface area contributed by atoms with Crippen molar-refractivity contribution in [3.8, 4) is 78.3 Å². The molecular weight excluding hydrogens is 765 g/mol. The van der Waals surface area contributed by atoms with Crippen LogP contribution in [0.4, 0.5) is 0 Å². The summed E-state index contributed by atoms with van der Waals surface area (Å²) in [5.41, 5.74) is 32.4. The zero-order valence-electron chi connectivity index (χ0n) is 38.7. The molecule has 0 amide bonds. The molecule has 2 heteroatoms. The van der Waals surface area contributed by atoms with Crippen LogP contribution in [0.1, 0.15) is 136 Å². The van der Waals surface area contributed by atoms with Gasteiger partial charge in [0, 0.05) is 38.2 Å². The van der Waals surface area contributed by atoms with Gasteiger partial charge in [-0.05, 0) is 233 Å². The summed E-state index contributed by atoms with van der Waals surface area (Å²) in [4.78, 5) is 0. The third kappa shape index (κ3) is 4.41. The number of aryl methyl sites for hydroxylation is 2. The number of hydrogen-bond acceptors (Lipinski definition) is 2. The molecule has 0 N–H and O–H groups in total. The van der Waals surface area contributed by atoms with Crippen molar-refractivity contribution in [2.75, 3.05) is 0 Å². The van der Waals surface area contributed by atoms with E-state index in [0.717, 1.165) is 22.6 Å². The minimum absolute atomic E-state index is 0.143. The van der Waals surface area contributed by atoms with Crippen molar-refractivity contribution in [2.45, 2.75) is 110 Å². The highest BCUT2D eigenvalue weighted by Crippen LogP contribution is 2.63. The van der Waals surface area contributed by atoms with Crippen molar-refractivity contribution in [1.82, 2.24) is 0 Å². The Labute approximate surface area is 372 Å².